The molecule has 0 saturated heterocycles. The summed E-state index contributed by atoms with van der Waals surface area (Å²) in [6.45, 7) is 3.82. The first-order valence-corrected chi connectivity index (χ1v) is 6.91. The summed E-state index contributed by atoms with van der Waals surface area (Å²) in [6.07, 6.45) is 1.01. The van der Waals surface area contributed by atoms with Gasteiger partial charge in [0.25, 0.3) is 0 Å². The van der Waals surface area contributed by atoms with Crippen molar-refractivity contribution in [3.8, 4) is 0 Å². The molecule has 1 N–H and O–H groups in total. The van der Waals surface area contributed by atoms with Gasteiger partial charge in [0.05, 0.1) is 6.04 Å². The van der Waals surface area contributed by atoms with Crippen LogP contribution in [-0.4, -0.2) is 20.3 Å². The standard InChI is InChI=1S/C14H18BrNO2/c1-10(16-6-3-7-17-2)14-9-11-8-12(15)4-5-13(11)18-14/h4-5,8-10,16H,3,6-7H2,1-2H3. The molecule has 0 spiro atoms. The number of furan rings is 1. The van der Waals surface area contributed by atoms with Crippen LogP contribution in [0.2, 0.25) is 0 Å². The van der Waals surface area contributed by atoms with Crippen molar-refractivity contribution in [2.24, 2.45) is 0 Å². The number of hydrogen-bond donors (Lipinski definition) is 1. The quantitative estimate of drug-likeness (QED) is 0.822. The van der Waals surface area contributed by atoms with Crippen LogP contribution >= 0.6 is 15.9 Å². The number of halogens is 1. The van der Waals surface area contributed by atoms with Gasteiger partial charge in [0.2, 0.25) is 0 Å². The van der Waals surface area contributed by atoms with Gasteiger partial charge >= 0.3 is 0 Å². The molecule has 0 aliphatic carbocycles. The van der Waals surface area contributed by atoms with Crippen LogP contribution in [0.4, 0.5) is 0 Å². The fourth-order valence-electron chi connectivity index (χ4n) is 1.88. The fourth-order valence-corrected chi connectivity index (χ4v) is 2.26. The SMILES string of the molecule is COCCCNC(C)c1cc2cc(Br)ccc2o1. The molecule has 18 heavy (non-hydrogen) atoms. The third kappa shape index (κ3) is 3.34. The van der Waals surface area contributed by atoms with Crippen molar-refractivity contribution in [2.45, 2.75) is 19.4 Å². The van der Waals surface area contributed by atoms with Crippen LogP contribution in [0.25, 0.3) is 11.0 Å². The number of ether oxygens (including phenoxy) is 1. The molecule has 0 aliphatic heterocycles. The van der Waals surface area contributed by atoms with Crippen molar-refractivity contribution in [1.29, 1.82) is 0 Å². The fraction of sp³-hybridized carbons (Fsp3) is 0.429. The second kappa shape index (κ2) is 6.36. The van der Waals surface area contributed by atoms with Gasteiger partial charge in [0, 0.05) is 23.6 Å². The summed E-state index contributed by atoms with van der Waals surface area (Å²) < 4.78 is 11.9. The molecule has 1 aromatic heterocycles. The van der Waals surface area contributed by atoms with E-state index >= 15 is 0 Å². The average Bonchev–Trinajstić information content (AvgIpc) is 2.77. The Hall–Kier alpha value is -0.840. The molecule has 0 aliphatic rings. The van der Waals surface area contributed by atoms with Crippen molar-refractivity contribution in [3.05, 3.63) is 34.5 Å². The van der Waals surface area contributed by atoms with E-state index in [1.807, 2.05) is 12.1 Å². The molecule has 2 rings (SSSR count). The Morgan fingerprint density at radius 2 is 2.22 bits per heavy atom. The highest BCUT2D eigenvalue weighted by atomic mass is 79.9. The Morgan fingerprint density at radius 1 is 1.39 bits per heavy atom. The maximum Gasteiger partial charge on any atom is 0.134 e. The van der Waals surface area contributed by atoms with Gasteiger partial charge < -0.3 is 14.5 Å². The summed E-state index contributed by atoms with van der Waals surface area (Å²) >= 11 is 3.47. The van der Waals surface area contributed by atoms with Gasteiger partial charge in [0.1, 0.15) is 11.3 Å². The van der Waals surface area contributed by atoms with E-state index in [-0.39, 0.29) is 6.04 Å². The smallest absolute Gasteiger partial charge is 0.134 e. The molecule has 1 unspecified atom stereocenters. The summed E-state index contributed by atoms with van der Waals surface area (Å²) in [5.74, 6) is 0.973. The topological polar surface area (TPSA) is 34.4 Å². The number of hydrogen-bond acceptors (Lipinski definition) is 3. The molecule has 1 aromatic carbocycles. The van der Waals surface area contributed by atoms with E-state index in [0.29, 0.717) is 0 Å². The van der Waals surface area contributed by atoms with Crippen molar-refractivity contribution < 1.29 is 9.15 Å². The van der Waals surface area contributed by atoms with Crippen LogP contribution in [0.3, 0.4) is 0 Å². The van der Waals surface area contributed by atoms with Crippen LogP contribution in [0.5, 0.6) is 0 Å². The van der Waals surface area contributed by atoms with Crippen LogP contribution in [-0.2, 0) is 4.74 Å². The lowest BCUT2D eigenvalue weighted by molar-refractivity contribution is 0.193. The average molecular weight is 312 g/mol. The third-order valence-electron chi connectivity index (χ3n) is 2.90. The summed E-state index contributed by atoms with van der Waals surface area (Å²) in [4.78, 5) is 0. The minimum Gasteiger partial charge on any atom is -0.459 e. The van der Waals surface area contributed by atoms with Crippen molar-refractivity contribution >= 4 is 26.9 Å². The lowest BCUT2D eigenvalue weighted by Crippen LogP contribution is -2.20. The molecule has 0 bridgehead atoms. The van der Waals surface area contributed by atoms with E-state index < -0.39 is 0 Å². The van der Waals surface area contributed by atoms with E-state index in [9.17, 15) is 0 Å². The molecule has 0 radical (unpaired) electrons. The third-order valence-corrected chi connectivity index (χ3v) is 3.39. The van der Waals surface area contributed by atoms with Gasteiger partial charge in [-0.05, 0) is 44.2 Å². The number of fused-ring (bicyclic) bond motifs is 1. The summed E-state index contributed by atoms with van der Waals surface area (Å²) in [5, 5.41) is 4.55. The van der Waals surface area contributed by atoms with Crippen molar-refractivity contribution in [3.63, 3.8) is 0 Å². The van der Waals surface area contributed by atoms with Gasteiger partial charge in [-0.15, -0.1) is 0 Å². The molecule has 2 aromatic rings. The first kappa shape index (κ1) is 13.6. The van der Waals surface area contributed by atoms with Gasteiger partial charge in [0.15, 0.2) is 0 Å². The molecule has 0 saturated carbocycles. The van der Waals surface area contributed by atoms with Crippen LogP contribution in [0, 0.1) is 0 Å². The number of benzene rings is 1. The highest BCUT2D eigenvalue weighted by Crippen LogP contribution is 2.26. The van der Waals surface area contributed by atoms with Crippen LogP contribution in [0.1, 0.15) is 25.1 Å². The Labute approximate surface area is 116 Å². The molecule has 0 fully saturated rings. The van der Waals surface area contributed by atoms with Gasteiger partial charge in [-0.2, -0.15) is 0 Å². The van der Waals surface area contributed by atoms with E-state index in [1.165, 1.54) is 0 Å². The maximum absolute atomic E-state index is 5.83. The highest BCUT2D eigenvalue weighted by molar-refractivity contribution is 9.10. The van der Waals surface area contributed by atoms with Crippen molar-refractivity contribution in [1.82, 2.24) is 5.32 Å². The summed E-state index contributed by atoms with van der Waals surface area (Å²) in [7, 11) is 1.72. The van der Waals surface area contributed by atoms with E-state index in [2.05, 4.69) is 40.3 Å². The molecule has 1 heterocycles. The molecule has 4 heteroatoms. The zero-order valence-corrected chi connectivity index (χ0v) is 12.3. The Bertz CT molecular complexity index is 509. The second-order valence-electron chi connectivity index (χ2n) is 4.35. The first-order valence-electron chi connectivity index (χ1n) is 6.12. The predicted molar refractivity (Wildman–Crippen MR) is 76.8 cm³/mol. The van der Waals surface area contributed by atoms with Gasteiger partial charge in [-0.3, -0.25) is 0 Å². The lowest BCUT2D eigenvalue weighted by Gasteiger charge is -2.10. The molecule has 1 atom stereocenters. The van der Waals surface area contributed by atoms with Crippen LogP contribution < -0.4 is 5.32 Å². The molecule has 0 amide bonds. The summed E-state index contributed by atoms with van der Waals surface area (Å²) in [6, 6.07) is 8.36. The second-order valence-corrected chi connectivity index (χ2v) is 5.27. The Kier molecular flexibility index (Phi) is 4.80. The lowest BCUT2D eigenvalue weighted by atomic mass is 10.2. The minimum atomic E-state index is 0.216. The van der Waals surface area contributed by atoms with Crippen molar-refractivity contribution in [2.75, 3.05) is 20.3 Å². The molecular formula is C14H18BrNO2. The number of rotatable bonds is 6. The monoisotopic (exact) mass is 311 g/mol. The Balaban J connectivity index is 2.01. The predicted octanol–water partition coefficient (Wildman–Crippen LogP) is 3.88. The molecule has 3 nitrogen and oxygen atoms in total. The van der Waals surface area contributed by atoms with Gasteiger partial charge in [-0.25, -0.2) is 0 Å². The van der Waals surface area contributed by atoms with Crippen LogP contribution in [0.15, 0.2) is 33.2 Å². The Morgan fingerprint density at radius 3 is 3.00 bits per heavy atom. The van der Waals surface area contributed by atoms with E-state index in [4.69, 9.17) is 9.15 Å². The molecule has 98 valence electrons. The van der Waals surface area contributed by atoms with Gasteiger partial charge in [-0.1, -0.05) is 15.9 Å². The first-order chi connectivity index (χ1) is 8.70. The number of nitrogens with one attached hydrogen (secondary N) is 1. The zero-order valence-electron chi connectivity index (χ0n) is 10.7. The minimum absolute atomic E-state index is 0.216. The zero-order chi connectivity index (χ0) is 13.0. The molecular weight excluding hydrogens is 294 g/mol. The maximum atomic E-state index is 5.83. The van der Waals surface area contributed by atoms with E-state index in [1.54, 1.807) is 7.11 Å². The largest absolute Gasteiger partial charge is 0.459 e. The number of methoxy groups -OCH3 is 1. The highest BCUT2D eigenvalue weighted by Gasteiger charge is 2.10. The normalized spacial score (nSPS) is 13.1. The van der Waals surface area contributed by atoms with E-state index in [0.717, 1.165) is 40.8 Å². The summed E-state index contributed by atoms with van der Waals surface area (Å²) in [5.41, 5.74) is 0.929.